The molecule has 1 aliphatic rings. The Balaban J connectivity index is 1.92. The molecule has 2 rings (SSSR count). The summed E-state index contributed by atoms with van der Waals surface area (Å²) in [5.41, 5.74) is 1.30. The number of guanidine groups is 1. The minimum atomic E-state index is 0.0671. The Morgan fingerprint density at radius 2 is 2.30 bits per heavy atom. The van der Waals surface area contributed by atoms with Gasteiger partial charge < -0.3 is 15.5 Å². The van der Waals surface area contributed by atoms with Crippen LogP contribution < -0.4 is 10.6 Å². The lowest BCUT2D eigenvalue weighted by molar-refractivity contribution is -0.133. The highest BCUT2D eigenvalue weighted by Crippen LogP contribution is 2.16. The van der Waals surface area contributed by atoms with Crippen molar-refractivity contribution in [3.8, 4) is 0 Å². The molecule has 6 heteroatoms. The molecule has 1 fully saturated rings. The summed E-state index contributed by atoms with van der Waals surface area (Å²) >= 11 is 1.74. The van der Waals surface area contributed by atoms with E-state index in [1.165, 1.54) is 10.4 Å². The fraction of sp³-hybridized carbons (Fsp3) is 0.647. The number of rotatable bonds is 5. The molecule has 1 atom stereocenters. The van der Waals surface area contributed by atoms with Crippen molar-refractivity contribution in [1.29, 1.82) is 0 Å². The standard InChI is InChI=1S/C17H28N4OS/c1-5-18-17(19-10-15-13(4)7-9-23-15)20-14-6-8-21(11-14)16(22)12(2)3/h7,9,12,14H,5-6,8,10-11H2,1-4H3,(H2,18,19,20). The van der Waals surface area contributed by atoms with Crippen molar-refractivity contribution in [3.63, 3.8) is 0 Å². The molecular formula is C17H28N4OS. The summed E-state index contributed by atoms with van der Waals surface area (Å²) in [5.74, 6) is 1.15. The molecule has 1 aliphatic heterocycles. The van der Waals surface area contributed by atoms with E-state index in [0.29, 0.717) is 6.54 Å². The number of carbonyl (C=O) groups excluding carboxylic acids is 1. The molecule has 0 aromatic carbocycles. The van der Waals surface area contributed by atoms with E-state index in [1.54, 1.807) is 11.3 Å². The van der Waals surface area contributed by atoms with Gasteiger partial charge in [-0.25, -0.2) is 4.99 Å². The molecule has 1 aromatic rings. The number of carbonyl (C=O) groups is 1. The molecule has 2 heterocycles. The number of hydrogen-bond donors (Lipinski definition) is 2. The van der Waals surface area contributed by atoms with Gasteiger partial charge in [0.25, 0.3) is 0 Å². The summed E-state index contributed by atoms with van der Waals surface area (Å²) in [6, 6.07) is 2.40. The van der Waals surface area contributed by atoms with Gasteiger partial charge >= 0.3 is 0 Å². The van der Waals surface area contributed by atoms with Gasteiger partial charge in [0.15, 0.2) is 5.96 Å². The van der Waals surface area contributed by atoms with Crippen molar-refractivity contribution in [3.05, 3.63) is 21.9 Å². The molecule has 2 N–H and O–H groups in total. The number of aryl methyl sites for hydroxylation is 1. The van der Waals surface area contributed by atoms with Crippen molar-refractivity contribution in [2.45, 2.75) is 46.7 Å². The Labute approximate surface area is 143 Å². The number of nitrogens with zero attached hydrogens (tertiary/aromatic N) is 2. The fourth-order valence-electron chi connectivity index (χ4n) is 2.67. The maximum Gasteiger partial charge on any atom is 0.225 e. The second-order valence-electron chi connectivity index (χ2n) is 6.29. The third-order valence-corrected chi connectivity index (χ3v) is 5.04. The van der Waals surface area contributed by atoms with Gasteiger partial charge in [0.1, 0.15) is 0 Å². The lowest BCUT2D eigenvalue weighted by Gasteiger charge is -2.20. The van der Waals surface area contributed by atoms with Crippen LogP contribution in [-0.4, -0.2) is 42.4 Å². The number of hydrogen-bond acceptors (Lipinski definition) is 3. The Morgan fingerprint density at radius 1 is 1.52 bits per heavy atom. The Morgan fingerprint density at radius 3 is 2.91 bits per heavy atom. The van der Waals surface area contributed by atoms with E-state index < -0.39 is 0 Å². The van der Waals surface area contributed by atoms with Crippen molar-refractivity contribution in [2.24, 2.45) is 10.9 Å². The van der Waals surface area contributed by atoms with E-state index >= 15 is 0 Å². The summed E-state index contributed by atoms with van der Waals surface area (Å²) in [6.45, 7) is 11.2. The van der Waals surface area contributed by atoms with Crippen LogP contribution in [-0.2, 0) is 11.3 Å². The number of aliphatic imine (C=N–C) groups is 1. The number of amides is 1. The summed E-state index contributed by atoms with van der Waals surface area (Å²) in [7, 11) is 0. The van der Waals surface area contributed by atoms with Crippen LogP contribution in [0.3, 0.4) is 0 Å². The van der Waals surface area contributed by atoms with E-state index in [9.17, 15) is 4.79 Å². The first kappa shape index (κ1) is 17.8. The van der Waals surface area contributed by atoms with Gasteiger partial charge in [-0.15, -0.1) is 11.3 Å². The van der Waals surface area contributed by atoms with Crippen LogP contribution in [0.25, 0.3) is 0 Å². The van der Waals surface area contributed by atoms with Crippen molar-refractivity contribution in [2.75, 3.05) is 19.6 Å². The summed E-state index contributed by atoms with van der Waals surface area (Å²) in [5, 5.41) is 8.87. The molecule has 1 saturated heterocycles. The summed E-state index contributed by atoms with van der Waals surface area (Å²) < 4.78 is 0. The highest BCUT2D eigenvalue weighted by atomic mass is 32.1. The first-order chi connectivity index (χ1) is 11.0. The Kier molecular flexibility index (Phi) is 6.45. The molecule has 1 amide bonds. The Bertz CT molecular complexity index is 553. The predicted octanol–water partition coefficient (Wildman–Crippen LogP) is 2.37. The van der Waals surface area contributed by atoms with Gasteiger partial charge in [-0.3, -0.25) is 4.79 Å². The first-order valence-corrected chi connectivity index (χ1v) is 9.25. The van der Waals surface area contributed by atoms with Crippen LogP contribution in [0.1, 0.15) is 37.6 Å². The molecular weight excluding hydrogens is 308 g/mol. The minimum Gasteiger partial charge on any atom is -0.357 e. The van der Waals surface area contributed by atoms with Crippen molar-refractivity contribution < 1.29 is 4.79 Å². The zero-order chi connectivity index (χ0) is 16.8. The molecule has 0 aliphatic carbocycles. The van der Waals surface area contributed by atoms with E-state index in [1.807, 2.05) is 18.7 Å². The monoisotopic (exact) mass is 336 g/mol. The van der Waals surface area contributed by atoms with Gasteiger partial charge in [0.2, 0.25) is 5.91 Å². The zero-order valence-corrected chi connectivity index (χ0v) is 15.4. The van der Waals surface area contributed by atoms with Gasteiger partial charge in [-0.05, 0) is 37.3 Å². The molecule has 0 bridgehead atoms. The molecule has 1 aromatic heterocycles. The van der Waals surface area contributed by atoms with E-state index in [2.05, 4.69) is 40.9 Å². The summed E-state index contributed by atoms with van der Waals surface area (Å²) in [4.78, 5) is 20.0. The first-order valence-electron chi connectivity index (χ1n) is 8.37. The molecule has 23 heavy (non-hydrogen) atoms. The SMILES string of the molecule is CCNC(=NCc1sccc1C)NC1CCN(C(=O)C(C)C)C1. The topological polar surface area (TPSA) is 56.7 Å². The maximum absolute atomic E-state index is 12.1. The normalized spacial score (nSPS) is 18.6. The van der Waals surface area contributed by atoms with Crippen LogP contribution in [0.4, 0.5) is 0 Å². The average molecular weight is 337 g/mol. The predicted molar refractivity (Wildman–Crippen MR) is 96.8 cm³/mol. The highest BCUT2D eigenvalue weighted by Gasteiger charge is 2.27. The number of nitrogens with one attached hydrogen (secondary N) is 2. The molecule has 128 valence electrons. The number of likely N-dealkylation sites (tertiary alicyclic amines) is 1. The lowest BCUT2D eigenvalue weighted by Crippen LogP contribution is -2.45. The second kappa shape index (κ2) is 8.34. The quantitative estimate of drug-likeness (QED) is 0.641. The third-order valence-electron chi connectivity index (χ3n) is 4.03. The second-order valence-corrected chi connectivity index (χ2v) is 7.29. The third kappa shape index (κ3) is 4.96. The smallest absolute Gasteiger partial charge is 0.225 e. The fourth-order valence-corrected chi connectivity index (χ4v) is 3.50. The maximum atomic E-state index is 12.1. The van der Waals surface area contributed by atoms with Crippen LogP contribution in [0.5, 0.6) is 0 Å². The van der Waals surface area contributed by atoms with Gasteiger partial charge in [0.05, 0.1) is 6.54 Å². The van der Waals surface area contributed by atoms with E-state index in [0.717, 1.165) is 32.0 Å². The largest absolute Gasteiger partial charge is 0.357 e. The summed E-state index contributed by atoms with van der Waals surface area (Å²) in [6.07, 6.45) is 0.973. The molecule has 0 spiro atoms. The van der Waals surface area contributed by atoms with Gasteiger partial charge in [0, 0.05) is 36.5 Å². The van der Waals surface area contributed by atoms with E-state index in [-0.39, 0.29) is 17.9 Å². The molecule has 0 radical (unpaired) electrons. The van der Waals surface area contributed by atoms with Crippen LogP contribution in [0.2, 0.25) is 0 Å². The van der Waals surface area contributed by atoms with Crippen molar-refractivity contribution >= 4 is 23.2 Å². The van der Waals surface area contributed by atoms with Gasteiger partial charge in [-0.2, -0.15) is 0 Å². The van der Waals surface area contributed by atoms with Crippen LogP contribution >= 0.6 is 11.3 Å². The lowest BCUT2D eigenvalue weighted by atomic mass is 10.2. The van der Waals surface area contributed by atoms with Crippen LogP contribution in [0.15, 0.2) is 16.4 Å². The molecule has 5 nitrogen and oxygen atoms in total. The molecule has 1 unspecified atom stereocenters. The highest BCUT2D eigenvalue weighted by molar-refractivity contribution is 7.10. The minimum absolute atomic E-state index is 0.0671. The zero-order valence-electron chi connectivity index (χ0n) is 14.6. The van der Waals surface area contributed by atoms with E-state index in [4.69, 9.17) is 0 Å². The molecule has 0 saturated carbocycles. The Hall–Kier alpha value is -1.56. The average Bonchev–Trinajstić information content (AvgIpc) is 3.13. The van der Waals surface area contributed by atoms with Crippen molar-refractivity contribution in [1.82, 2.24) is 15.5 Å². The van der Waals surface area contributed by atoms with Crippen LogP contribution in [0, 0.1) is 12.8 Å². The van der Waals surface area contributed by atoms with Gasteiger partial charge in [-0.1, -0.05) is 13.8 Å². The number of thiophene rings is 1.